The SMILES string of the molecule is COC1CCN(c2ccc(CCl)c(C)c2)CC1. The summed E-state index contributed by atoms with van der Waals surface area (Å²) in [6.45, 7) is 4.29. The quantitative estimate of drug-likeness (QED) is 0.766. The van der Waals surface area contributed by atoms with Gasteiger partial charge in [0.15, 0.2) is 0 Å². The van der Waals surface area contributed by atoms with E-state index in [1.807, 2.05) is 0 Å². The van der Waals surface area contributed by atoms with E-state index in [-0.39, 0.29) is 0 Å². The van der Waals surface area contributed by atoms with Gasteiger partial charge in [0, 0.05) is 31.8 Å². The molecule has 0 amide bonds. The van der Waals surface area contributed by atoms with Gasteiger partial charge < -0.3 is 9.64 Å². The van der Waals surface area contributed by atoms with Gasteiger partial charge in [-0.15, -0.1) is 11.6 Å². The van der Waals surface area contributed by atoms with Crippen molar-refractivity contribution in [1.29, 1.82) is 0 Å². The third kappa shape index (κ3) is 2.93. The van der Waals surface area contributed by atoms with Gasteiger partial charge in [0.2, 0.25) is 0 Å². The van der Waals surface area contributed by atoms with Crippen LogP contribution in [0.25, 0.3) is 0 Å². The van der Waals surface area contributed by atoms with Crippen molar-refractivity contribution in [3.8, 4) is 0 Å². The first-order valence-corrected chi connectivity index (χ1v) is 6.71. The molecule has 1 saturated heterocycles. The molecule has 0 bridgehead atoms. The van der Waals surface area contributed by atoms with Crippen LogP contribution < -0.4 is 4.90 Å². The zero-order valence-corrected chi connectivity index (χ0v) is 11.3. The van der Waals surface area contributed by atoms with Crippen LogP contribution in [0.2, 0.25) is 0 Å². The van der Waals surface area contributed by atoms with E-state index in [4.69, 9.17) is 16.3 Å². The summed E-state index contributed by atoms with van der Waals surface area (Å²) < 4.78 is 5.39. The zero-order valence-electron chi connectivity index (χ0n) is 10.6. The first kappa shape index (κ1) is 12.7. The number of hydrogen-bond donors (Lipinski definition) is 0. The minimum Gasteiger partial charge on any atom is -0.381 e. The van der Waals surface area contributed by atoms with Crippen LogP contribution in [0, 0.1) is 6.92 Å². The minimum atomic E-state index is 0.439. The highest BCUT2D eigenvalue weighted by molar-refractivity contribution is 6.17. The third-order valence-electron chi connectivity index (χ3n) is 3.61. The van der Waals surface area contributed by atoms with E-state index in [2.05, 4.69) is 30.0 Å². The van der Waals surface area contributed by atoms with Gasteiger partial charge in [-0.1, -0.05) is 6.07 Å². The van der Waals surface area contributed by atoms with Crippen molar-refractivity contribution in [3.63, 3.8) is 0 Å². The van der Waals surface area contributed by atoms with E-state index < -0.39 is 0 Å². The molecular weight excluding hydrogens is 234 g/mol. The van der Waals surface area contributed by atoms with Gasteiger partial charge in [-0.2, -0.15) is 0 Å². The van der Waals surface area contributed by atoms with Crippen LogP contribution in [0.5, 0.6) is 0 Å². The number of halogens is 1. The number of alkyl halides is 1. The van der Waals surface area contributed by atoms with Crippen LogP contribution in [-0.2, 0) is 10.6 Å². The van der Waals surface area contributed by atoms with Crippen LogP contribution >= 0.6 is 11.6 Å². The summed E-state index contributed by atoms with van der Waals surface area (Å²) in [6.07, 6.45) is 2.68. The third-order valence-corrected chi connectivity index (χ3v) is 3.90. The molecular formula is C14H20ClNO. The Morgan fingerprint density at radius 3 is 2.59 bits per heavy atom. The maximum Gasteiger partial charge on any atom is 0.0605 e. The number of anilines is 1. The number of nitrogens with zero attached hydrogens (tertiary/aromatic N) is 1. The van der Waals surface area contributed by atoms with Crippen molar-refractivity contribution < 1.29 is 4.74 Å². The number of piperidine rings is 1. The van der Waals surface area contributed by atoms with E-state index >= 15 is 0 Å². The topological polar surface area (TPSA) is 12.5 Å². The highest BCUT2D eigenvalue weighted by Crippen LogP contribution is 2.24. The van der Waals surface area contributed by atoms with Crippen molar-refractivity contribution in [1.82, 2.24) is 0 Å². The first-order chi connectivity index (χ1) is 8.24. The number of aryl methyl sites for hydroxylation is 1. The lowest BCUT2D eigenvalue weighted by molar-refractivity contribution is 0.0819. The lowest BCUT2D eigenvalue weighted by atomic mass is 10.0. The molecule has 2 nitrogen and oxygen atoms in total. The van der Waals surface area contributed by atoms with E-state index in [1.54, 1.807) is 7.11 Å². The largest absolute Gasteiger partial charge is 0.381 e. The lowest BCUT2D eigenvalue weighted by Gasteiger charge is -2.33. The molecule has 0 radical (unpaired) electrons. The van der Waals surface area contributed by atoms with E-state index in [0.717, 1.165) is 25.9 Å². The smallest absolute Gasteiger partial charge is 0.0605 e. The molecule has 1 aromatic carbocycles. The predicted octanol–water partition coefficient (Wildman–Crippen LogP) is 3.35. The molecule has 1 aliphatic heterocycles. The monoisotopic (exact) mass is 253 g/mol. The van der Waals surface area contributed by atoms with Crippen molar-refractivity contribution in [3.05, 3.63) is 29.3 Å². The summed E-state index contributed by atoms with van der Waals surface area (Å²) in [5, 5.41) is 0. The standard InChI is InChI=1S/C14H20ClNO/c1-11-9-13(4-3-12(11)10-15)16-7-5-14(17-2)6-8-16/h3-4,9,14H,5-8,10H2,1-2H3. The molecule has 0 spiro atoms. The van der Waals surface area contributed by atoms with Gasteiger partial charge in [-0.3, -0.25) is 0 Å². The highest BCUT2D eigenvalue weighted by atomic mass is 35.5. The summed E-state index contributed by atoms with van der Waals surface area (Å²) in [4.78, 5) is 2.43. The summed E-state index contributed by atoms with van der Waals surface area (Å²) >= 11 is 5.88. The Labute approximate surface area is 109 Å². The Morgan fingerprint density at radius 1 is 1.35 bits per heavy atom. The fraction of sp³-hybridized carbons (Fsp3) is 0.571. The molecule has 1 heterocycles. The highest BCUT2D eigenvalue weighted by Gasteiger charge is 2.18. The van der Waals surface area contributed by atoms with Gasteiger partial charge >= 0.3 is 0 Å². The van der Waals surface area contributed by atoms with Gasteiger partial charge in [0.05, 0.1) is 6.10 Å². The second kappa shape index (κ2) is 5.74. The molecule has 3 heteroatoms. The van der Waals surface area contributed by atoms with Crippen LogP contribution in [0.4, 0.5) is 5.69 Å². The number of methoxy groups -OCH3 is 1. The fourth-order valence-electron chi connectivity index (χ4n) is 2.38. The number of ether oxygens (including phenoxy) is 1. The fourth-order valence-corrected chi connectivity index (χ4v) is 2.68. The molecule has 1 fully saturated rings. The summed E-state index contributed by atoms with van der Waals surface area (Å²) in [7, 11) is 1.81. The maximum absolute atomic E-state index is 5.88. The Hall–Kier alpha value is -0.730. The van der Waals surface area contributed by atoms with Crippen LogP contribution in [0.15, 0.2) is 18.2 Å². The molecule has 1 aliphatic rings. The predicted molar refractivity (Wildman–Crippen MR) is 73.0 cm³/mol. The van der Waals surface area contributed by atoms with E-state index in [1.165, 1.54) is 16.8 Å². The molecule has 0 unspecified atom stereocenters. The summed E-state index contributed by atoms with van der Waals surface area (Å²) in [6, 6.07) is 6.56. The lowest BCUT2D eigenvalue weighted by Crippen LogP contribution is -2.36. The second-order valence-corrected chi connectivity index (χ2v) is 4.93. The van der Waals surface area contributed by atoms with Gasteiger partial charge in [0.1, 0.15) is 0 Å². The van der Waals surface area contributed by atoms with Crippen molar-refractivity contribution in [2.24, 2.45) is 0 Å². The number of rotatable bonds is 3. The number of hydrogen-bond acceptors (Lipinski definition) is 2. The van der Waals surface area contributed by atoms with E-state index in [0.29, 0.717) is 12.0 Å². The van der Waals surface area contributed by atoms with Crippen LogP contribution in [0.1, 0.15) is 24.0 Å². The average Bonchev–Trinajstić information content (AvgIpc) is 2.39. The van der Waals surface area contributed by atoms with Crippen molar-refractivity contribution in [2.75, 3.05) is 25.1 Å². The Bertz CT molecular complexity index is 372. The molecule has 0 aliphatic carbocycles. The molecule has 0 N–H and O–H groups in total. The molecule has 17 heavy (non-hydrogen) atoms. The Morgan fingerprint density at radius 2 is 2.06 bits per heavy atom. The Balaban J connectivity index is 2.06. The van der Waals surface area contributed by atoms with Crippen LogP contribution in [0.3, 0.4) is 0 Å². The average molecular weight is 254 g/mol. The van der Waals surface area contributed by atoms with E-state index in [9.17, 15) is 0 Å². The Kier molecular flexibility index (Phi) is 4.30. The molecule has 2 rings (SSSR count). The van der Waals surface area contributed by atoms with Gasteiger partial charge in [-0.05, 0) is 43.0 Å². The van der Waals surface area contributed by atoms with Gasteiger partial charge in [-0.25, -0.2) is 0 Å². The molecule has 0 saturated carbocycles. The summed E-state index contributed by atoms with van der Waals surface area (Å²) in [5.41, 5.74) is 3.82. The van der Waals surface area contributed by atoms with Crippen molar-refractivity contribution in [2.45, 2.75) is 31.7 Å². The second-order valence-electron chi connectivity index (χ2n) is 4.67. The summed E-state index contributed by atoms with van der Waals surface area (Å²) in [5.74, 6) is 0.595. The van der Waals surface area contributed by atoms with Crippen LogP contribution in [-0.4, -0.2) is 26.3 Å². The molecule has 1 aromatic rings. The minimum absolute atomic E-state index is 0.439. The first-order valence-electron chi connectivity index (χ1n) is 6.18. The maximum atomic E-state index is 5.88. The van der Waals surface area contributed by atoms with Crippen molar-refractivity contribution >= 4 is 17.3 Å². The molecule has 0 aromatic heterocycles. The van der Waals surface area contributed by atoms with Gasteiger partial charge in [0.25, 0.3) is 0 Å². The number of benzene rings is 1. The molecule has 0 atom stereocenters. The zero-order chi connectivity index (χ0) is 12.3. The normalized spacial score (nSPS) is 17.5. The molecule has 94 valence electrons.